The van der Waals surface area contributed by atoms with E-state index in [1.807, 2.05) is 23.9 Å². The molecule has 1 atom stereocenters. The maximum Gasteiger partial charge on any atom is 0.295 e. The summed E-state index contributed by atoms with van der Waals surface area (Å²) in [6.07, 6.45) is 1.10. The lowest BCUT2D eigenvalue weighted by atomic mass is 10.3. The Labute approximate surface area is 111 Å². The number of aromatic nitrogens is 1. The molecule has 0 amide bonds. The van der Waals surface area contributed by atoms with Gasteiger partial charge in [-0.15, -0.1) is 0 Å². The Morgan fingerprint density at radius 2 is 2.33 bits per heavy atom. The number of anilines is 2. The molecule has 4 nitrogen and oxygen atoms in total. The molecular weight excluding hydrogens is 246 g/mol. The molecule has 3 N–H and O–H groups in total. The van der Waals surface area contributed by atoms with Crippen LogP contribution >= 0.6 is 11.8 Å². The third-order valence-corrected chi connectivity index (χ3v) is 3.61. The topological polar surface area (TPSA) is 64.1 Å². The molecule has 0 bridgehead atoms. The van der Waals surface area contributed by atoms with Gasteiger partial charge in [-0.25, -0.2) is 0 Å². The number of thioether (sulfide) groups is 1. The van der Waals surface area contributed by atoms with Crippen molar-refractivity contribution in [1.82, 2.24) is 4.98 Å². The van der Waals surface area contributed by atoms with Crippen molar-refractivity contribution in [3.8, 4) is 0 Å². The van der Waals surface area contributed by atoms with Crippen LogP contribution in [0, 0.1) is 0 Å². The van der Waals surface area contributed by atoms with Crippen LogP contribution < -0.4 is 11.1 Å². The molecule has 1 aromatic heterocycles. The predicted molar refractivity (Wildman–Crippen MR) is 79.1 cm³/mol. The van der Waals surface area contributed by atoms with Gasteiger partial charge in [-0.1, -0.05) is 6.92 Å². The molecule has 0 saturated heterocycles. The number of oxazole rings is 1. The molecule has 1 aromatic carbocycles. The summed E-state index contributed by atoms with van der Waals surface area (Å²) in [5.74, 6) is 2.31. The molecule has 0 spiro atoms. The van der Waals surface area contributed by atoms with Gasteiger partial charge in [0.2, 0.25) is 0 Å². The lowest BCUT2D eigenvalue weighted by Crippen LogP contribution is -2.16. The lowest BCUT2D eigenvalue weighted by molar-refractivity contribution is 0.597. The highest BCUT2D eigenvalue weighted by Crippen LogP contribution is 2.21. The Bertz CT molecular complexity index is 512. The third kappa shape index (κ3) is 3.32. The number of hydrogen-bond acceptors (Lipinski definition) is 5. The maximum atomic E-state index is 5.70. The van der Waals surface area contributed by atoms with E-state index < -0.39 is 0 Å². The quantitative estimate of drug-likeness (QED) is 0.619. The average Bonchev–Trinajstić information content (AvgIpc) is 2.70. The molecule has 98 valence electrons. The molecule has 0 aliphatic heterocycles. The standard InChI is InChI=1S/C13H19N3OS/c1-3-18-7-6-9(2)15-13-16-11-5-4-10(14)8-12(11)17-13/h4-5,8-9H,3,6-7,14H2,1-2H3,(H,15,16). The van der Waals surface area contributed by atoms with E-state index in [0.29, 0.717) is 17.7 Å². The first-order chi connectivity index (χ1) is 8.69. The average molecular weight is 265 g/mol. The largest absolute Gasteiger partial charge is 0.423 e. The van der Waals surface area contributed by atoms with Gasteiger partial charge in [-0.2, -0.15) is 16.7 Å². The summed E-state index contributed by atoms with van der Waals surface area (Å²) in [6.45, 7) is 4.31. The van der Waals surface area contributed by atoms with Crippen LogP contribution in [0.25, 0.3) is 11.1 Å². The van der Waals surface area contributed by atoms with E-state index in [1.165, 1.54) is 0 Å². The van der Waals surface area contributed by atoms with Crippen LogP contribution in [0.4, 0.5) is 11.7 Å². The minimum Gasteiger partial charge on any atom is -0.423 e. The molecule has 0 saturated carbocycles. The fourth-order valence-corrected chi connectivity index (χ4v) is 2.50. The molecule has 1 heterocycles. The Balaban J connectivity index is 1.98. The van der Waals surface area contributed by atoms with E-state index in [4.69, 9.17) is 10.2 Å². The fraction of sp³-hybridized carbons (Fsp3) is 0.462. The maximum absolute atomic E-state index is 5.70. The van der Waals surface area contributed by atoms with Crippen molar-refractivity contribution < 1.29 is 4.42 Å². The number of rotatable bonds is 6. The Morgan fingerprint density at radius 3 is 3.11 bits per heavy atom. The van der Waals surface area contributed by atoms with Crippen LogP contribution in [0.2, 0.25) is 0 Å². The Kier molecular flexibility index (Phi) is 4.36. The van der Waals surface area contributed by atoms with Gasteiger partial charge >= 0.3 is 0 Å². The number of nitrogen functional groups attached to an aromatic ring is 1. The molecule has 1 unspecified atom stereocenters. The van der Waals surface area contributed by atoms with E-state index >= 15 is 0 Å². The fourth-order valence-electron chi connectivity index (χ4n) is 1.69. The van der Waals surface area contributed by atoms with Crippen LogP contribution in [0.1, 0.15) is 20.3 Å². The second-order valence-electron chi connectivity index (χ2n) is 4.28. The zero-order chi connectivity index (χ0) is 13.0. The minimum atomic E-state index is 0.356. The summed E-state index contributed by atoms with van der Waals surface area (Å²) >= 11 is 1.95. The molecule has 0 radical (unpaired) electrons. The molecule has 0 aliphatic rings. The van der Waals surface area contributed by atoms with Crippen molar-refractivity contribution in [3.05, 3.63) is 18.2 Å². The summed E-state index contributed by atoms with van der Waals surface area (Å²) in [7, 11) is 0. The second-order valence-corrected chi connectivity index (χ2v) is 5.67. The first kappa shape index (κ1) is 13.1. The van der Waals surface area contributed by atoms with Gasteiger partial charge < -0.3 is 15.5 Å². The molecular formula is C13H19N3OS. The van der Waals surface area contributed by atoms with Gasteiger partial charge in [0, 0.05) is 17.8 Å². The SMILES string of the molecule is CCSCCC(C)Nc1nc2ccc(N)cc2o1. The summed E-state index contributed by atoms with van der Waals surface area (Å²) in [4.78, 5) is 4.38. The molecule has 0 aliphatic carbocycles. The Hall–Kier alpha value is -1.36. The van der Waals surface area contributed by atoms with Crippen molar-refractivity contribution >= 4 is 34.6 Å². The normalized spacial score (nSPS) is 12.8. The van der Waals surface area contributed by atoms with Gasteiger partial charge in [-0.05, 0) is 37.0 Å². The van der Waals surface area contributed by atoms with Crippen molar-refractivity contribution in [1.29, 1.82) is 0 Å². The van der Waals surface area contributed by atoms with Crippen molar-refractivity contribution in [3.63, 3.8) is 0 Å². The first-order valence-electron chi connectivity index (χ1n) is 6.19. The summed E-state index contributed by atoms with van der Waals surface area (Å²) in [5.41, 5.74) is 7.96. The highest BCUT2D eigenvalue weighted by molar-refractivity contribution is 7.99. The smallest absolute Gasteiger partial charge is 0.295 e. The third-order valence-electron chi connectivity index (χ3n) is 2.68. The monoisotopic (exact) mass is 265 g/mol. The number of benzene rings is 1. The van der Waals surface area contributed by atoms with Crippen LogP contribution in [-0.2, 0) is 0 Å². The second kappa shape index (κ2) is 6.00. The number of hydrogen-bond donors (Lipinski definition) is 2. The lowest BCUT2D eigenvalue weighted by Gasteiger charge is -2.10. The van der Waals surface area contributed by atoms with Crippen LogP contribution in [0.15, 0.2) is 22.6 Å². The minimum absolute atomic E-state index is 0.356. The highest BCUT2D eigenvalue weighted by atomic mass is 32.2. The van der Waals surface area contributed by atoms with E-state index in [2.05, 4.69) is 24.1 Å². The molecule has 5 heteroatoms. The molecule has 0 fully saturated rings. The van der Waals surface area contributed by atoms with Crippen molar-refractivity contribution in [2.45, 2.75) is 26.3 Å². The predicted octanol–water partition coefficient (Wildman–Crippen LogP) is 3.35. The number of fused-ring (bicyclic) bond motifs is 1. The van der Waals surface area contributed by atoms with E-state index in [1.54, 1.807) is 6.07 Å². The van der Waals surface area contributed by atoms with Crippen LogP contribution in [-0.4, -0.2) is 22.5 Å². The number of nitrogens with zero attached hydrogens (tertiary/aromatic N) is 1. The van der Waals surface area contributed by atoms with Gasteiger partial charge in [0.25, 0.3) is 6.01 Å². The molecule has 2 aromatic rings. The first-order valence-corrected chi connectivity index (χ1v) is 7.35. The van der Waals surface area contributed by atoms with Gasteiger partial charge in [0.15, 0.2) is 5.58 Å². The molecule has 18 heavy (non-hydrogen) atoms. The van der Waals surface area contributed by atoms with E-state index in [9.17, 15) is 0 Å². The van der Waals surface area contributed by atoms with Crippen molar-refractivity contribution in [2.24, 2.45) is 0 Å². The van der Waals surface area contributed by atoms with E-state index in [-0.39, 0.29) is 0 Å². The van der Waals surface area contributed by atoms with E-state index in [0.717, 1.165) is 29.0 Å². The van der Waals surface area contributed by atoms with Crippen molar-refractivity contribution in [2.75, 3.05) is 22.6 Å². The zero-order valence-electron chi connectivity index (χ0n) is 10.8. The summed E-state index contributed by atoms with van der Waals surface area (Å²) < 4.78 is 5.62. The highest BCUT2D eigenvalue weighted by Gasteiger charge is 2.08. The van der Waals surface area contributed by atoms with Gasteiger partial charge in [0.05, 0.1) is 0 Å². The summed E-state index contributed by atoms with van der Waals surface area (Å²) in [6, 6.07) is 6.43. The van der Waals surface area contributed by atoms with Crippen LogP contribution in [0.3, 0.4) is 0 Å². The van der Waals surface area contributed by atoms with Gasteiger partial charge in [-0.3, -0.25) is 0 Å². The molecule has 2 rings (SSSR count). The number of nitrogens with one attached hydrogen (secondary N) is 1. The number of nitrogens with two attached hydrogens (primary N) is 1. The Morgan fingerprint density at radius 1 is 1.50 bits per heavy atom. The summed E-state index contributed by atoms with van der Waals surface area (Å²) in [5, 5.41) is 3.28. The van der Waals surface area contributed by atoms with Crippen LogP contribution in [0.5, 0.6) is 0 Å². The van der Waals surface area contributed by atoms with Gasteiger partial charge in [0.1, 0.15) is 5.52 Å². The zero-order valence-corrected chi connectivity index (χ0v) is 11.6.